The van der Waals surface area contributed by atoms with Crippen LogP contribution in [0, 0.1) is 17.1 Å². The van der Waals surface area contributed by atoms with Crippen LogP contribution in [0.2, 0.25) is 0 Å². The predicted octanol–water partition coefficient (Wildman–Crippen LogP) is 4.36. The van der Waals surface area contributed by atoms with Crippen LogP contribution in [0.4, 0.5) is 10.2 Å². The third-order valence-electron chi connectivity index (χ3n) is 7.60. The Kier molecular flexibility index (Phi) is 7.81. The fourth-order valence-electron chi connectivity index (χ4n) is 5.38. The fourth-order valence-corrected chi connectivity index (χ4v) is 6.44. The summed E-state index contributed by atoms with van der Waals surface area (Å²) in [6.07, 6.45) is 4.49. The minimum Gasteiger partial charge on any atom is -0.478 e. The maximum absolute atomic E-state index is 14.4. The van der Waals surface area contributed by atoms with Gasteiger partial charge in [-0.1, -0.05) is 6.07 Å². The summed E-state index contributed by atoms with van der Waals surface area (Å²) in [7, 11) is -4.26. The first-order chi connectivity index (χ1) is 21.2. The van der Waals surface area contributed by atoms with Gasteiger partial charge in [0.05, 0.1) is 47.5 Å². The number of hydrogen-bond acceptors (Lipinski definition) is 9. The molecule has 2 N–H and O–H groups in total. The van der Waals surface area contributed by atoms with Gasteiger partial charge in [0, 0.05) is 11.6 Å². The van der Waals surface area contributed by atoms with Crippen molar-refractivity contribution in [3.05, 3.63) is 101 Å². The van der Waals surface area contributed by atoms with Crippen LogP contribution < -0.4 is 4.72 Å². The molecule has 0 saturated carbocycles. The monoisotopic (exact) mass is 615 g/mol. The van der Waals surface area contributed by atoms with Crippen molar-refractivity contribution in [2.24, 2.45) is 0 Å². The highest BCUT2D eigenvalue weighted by Crippen LogP contribution is 2.30. The minimum absolute atomic E-state index is 0.0207. The lowest BCUT2D eigenvalue weighted by molar-refractivity contribution is 0.0697. The van der Waals surface area contributed by atoms with Gasteiger partial charge in [-0.05, 0) is 74.5 Å². The van der Waals surface area contributed by atoms with E-state index >= 15 is 0 Å². The third-order valence-corrected chi connectivity index (χ3v) is 8.99. The van der Waals surface area contributed by atoms with E-state index in [2.05, 4.69) is 19.6 Å². The van der Waals surface area contributed by atoms with Gasteiger partial charge in [0.15, 0.2) is 6.39 Å². The molecular weight excluding hydrogens is 589 g/mol. The molecule has 3 aromatic heterocycles. The number of imidazole rings is 1. The second kappa shape index (κ2) is 11.9. The number of nitrogens with zero attached hydrogens (tertiary/aromatic N) is 6. The van der Waals surface area contributed by atoms with Gasteiger partial charge in [-0.15, -0.1) is 0 Å². The van der Waals surface area contributed by atoms with Crippen LogP contribution in [0.1, 0.15) is 52.0 Å². The van der Waals surface area contributed by atoms with Crippen LogP contribution in [0.3, 0.4) is 0 Å². The van der Waals surface area contributed by atoms with E-state index in [-0.39, 0.29) is 22.9 Å². The number of nitriles is 1. The number of aromatic carboxylic acids is 1. The summed E-state index contributed by atoms with van der Waals surface area (Å²) in [5.41, 5.74) is 2.29. The van der Waals surface area contributed by atoms with E-state index < -0.39 is 26.7 Å². The highest BCUT2D eigenvalue weighted by atomic mass is 32.2. The first kappa shape index (κ1) is 29.0. The number of oxazole rings is 1. The number of hydrogen-bond donors (Lipinski definition) is 2. The summed E-state index contributed by atoms with van der Waals surface area (Å²) in [6.45, 7) is 2.33. The van der Waals surface area contributed by atoms with E-state index in [1.165, 1.54) is 24.6 Å². The number of benzene rings is 2. The van der Waals surface area contributed by atoms with Gasteiger partial charge in [0.1, 0.15) is 28.1 Å². The summed E-state index contributed by atoms with van der Waals surface area (Å²) in [5.74, 6) is -0.494. The van der Waals surface area contributed by atoms with E-state index in [1.807, 2.05) is 10.6 Å². The Balaban J connectivity index is 1.15. The van der Waals surface area contributed by atoms with E-state index in [1.54, 1.807) is 30.5 Å². The number of carboxylic acid groups (broad SMARTS) is 1. The number of rotatable bonds is 9. The molecule has 6 rings (SSSR count). The van der Waals surface area contributed by atoms with Gasteiger partial charge in [-0.2, -0.15) is 5.26 Å². The lowest BCUT2D eigenvalue weighted by Gasteiger charge is -2.31. The Morgan fingerprint density at radius 1 is 1.11 bits per heavy atom. The molecular formula is C30H26FN7O5S. The minimum atomic E-state index is -4.26. The first-order valence-corrected chi connectivity index (χ1v) is 15.2. The lowest BCUT2D eigenvalue weighted by Crippen LogP contribution is -2.33. The van der Waals surface area contributed by atoms with Crippen molar-refractivity contribution in [3.63, 3.8) is 0 Å². The Bertz CT molecular complexity index is 2000. The van der Waals surface area contributed by atoms with Crippen molar-refractivity contribution in [2.75, 3.05) is 17.8 Å². The summed E-state index contributed by atoms with van der Waals surface area (Å²) in [6, 6.07) is 14.9. The number of likely N-dealkylation sites (tertiary alicyclic amines) is 1. The van der Waals surface area contributed by atoms with Gasteiger partial charge in [0.2, 0.25) is 0 Å². The fraction of sp³-hybridized carbons (Fsp3) is 0.233. The van der Waals surface area contributed by atoms with E-state index in [0.29, 0.717) is 29.9 Å². The Hall–Kier alpha value is -5.13. The normalized spacial score (nSPS) is 14.5. The topological polar surface area (TPSA) is 167 Å². The van der Waals surface area contributed by atoms with E-state index in [9.17, 15) is 22.7 Å². The molecule has 0 bridgehead atoms. The molecule has 1 aliphatic rings. The van der Waals surface area contributed by atoms with E-state index in [4.69, 9.17) is 14.7 Å². The molecule has 4 heterocycles. The SMILES string of the molecule is N#Cc1ccc(S(=O)(=O)Nc2cccc(C3CCN(Cc4nc5ccc(C(=O)O)cc5n4Cc4cnco4)CC3)n2)c(F)c1. The number of aromatic nitrogens is 4. The maximum Gasteiger partial charge on any atom is 0.335 e. The van der Waals surface area contributed by atoms with Gasteiger partial charge >= 0.3 is 5.97 Å². The number of carbonyl (C=O) groups is 1. The number of halogens is 1. The molecule has 2 aromatic carbocycles. The van der Waals surface area contributed by atoms with Crippen LogP contribution in [-0.4, -0.2) is 57.0 Å². The van der Waals surface area contributed by atoms with Crippen molar-refractivity contribution in [2.45, 2.75) is 36.7 Å². The molecule has 12 nitrogen and oxygen atoms in total. The second-order valence-electron chi connectivity index (χ2n) is 10.5. The number of anilines is 1. The Labute approximate surface area is 251 Å². The summed E-state index contributed by atoms with van der Waals surface area (Å²) < 4.78 is 49.8. The van der Waals surface area contributed by atoms with Crippen LogP contribution in [0.5, 0.6) is 0 Å². The molecule has 0 amide bonds. The average molecular weight is 616 g/mol. The highest BCUT2D eigenvalue weighted by Gasteiger charge is 2.25. The highest BCUT2D eigenvalue weighted by molar-refractivity contribution is 7.92. The lowest BCUT2D eigenvalue weighted by atomic mass is 9.93. The number of nitrogens with one attached hydrogen (secondary N) is 1. The van der Waals surface area contributed by atoms with Gasteiger partial charge in [-0.25, -0.2) is 32.6 Å². The van der Waals surface area contributed by atoms with Crippen LogP contribution >= 0.6 is 0 Å². The van der Waals surface area contributed by atoms with Gasteiger partial charge in [0.25, 0.3) is 10.0 Å². The van der Waals surface area contributed by atoms with Crippen molar-refractivity contribution < 1.29 is 27.1 Å². The molecule has 0 radical (unpaired) electrons. The van der Waals surface area contributed by atoms with Crippen LogP contribution in [-0.2, 0) is 23.1 Å². The molecule has 0 atom stereocenters. The molecule has 1 saturated heterocycles. The average Bonchev–Trinajstić information content (AvgIpc) is 3.65. The predicted molar refractivity (Wildman–Crippen MR) is 156 cm³/mol. The Morgan fingerprint density at radius 2 is 1.93 bits per heavy atom. The smallest absolute Gasteiger partial charge is 0.335 e. The zero-order valence-corrected chi connectivity index (χ0v) is 24.0. The zero-order valence-electron chi connectivity index (χ0n) is 23.2. The molecule has 0 aliphatic carbocycles. The number of fused-ring (bicyclic) bond motifs is 1. The second-order valence-corrected chi connectivity index (χ2v) is 12.1. The molecule has 224 valence electrons. The number of pyridine rings is 1. The molecule has 14 heteroatoms. The first-order valence-electron chi connectivity index (χ1n) is 13.7. The van der Waals surface area contributed by atoms with E-state index in [0.717, 1.165) is 49.6 Å². The van der Waals surface area contributed by atoms with Crippen molar-refractivity contribution in [1.29, 1.82) is 5.26 Å². The van der Waals surface area contributed by atoms with Gasteiger partial charge < -0.3 is 14.1 Å². The molecule has 44 heavy (non-hydrogen) atoms. The van der Waals surface area contributed by atoms with Gasteiger partial charge in [-0.3, -0.25) is 9.62 Å². The molecule has 0 spiro atoms. The maximum atomic E-state index is 14.4. The molecule has 0 unspecified atom stereocenters. The molecule has 5 aromatic rings. The summed E-state index contributed by atoms with van der Waals surface area (Å²) >= 11 is 0. The summed E-state index contributed by atoms with van der Waals surface area (Å²) in [5, 5.41) is 18.4. The van der Waals surface area contributed by atoms with Crippen molar-refractivity contribution >= 4 is 32.8 Å². The standard InChI is InChI=1S/C30H26FN7O5S/c31-23-12-19(14-32)4-7-27(23)44(41,42)36-28-3-1-2-24(34-28)20-8-10-37(11-9-20)17-29-35-25-6-5-21(30(39)40)13-26(25)38(29)16-22-15-33-18-43-22/h1-7,12-13,15,18,20H,8-11,16-17H2,(H,34,36)(H,39,40). The third kappa shape index (κ3) is 6.01. The van der Waals surface area contributed by atoms with Crippen LogP contribution in [0.15, 0.2) is 76.5 Å². The quantitative estimate of drug-likeness (QED) is 0.243. The Morgan fingerprint density at radius 3 is 2.64 bits per heavy atom. The van der Waals surface area contributed by atoms with Crippen molar-refractivity contribution in [3.8, 4) is 6.07 Å². The van der Waals surface area contributed by atoms with Crippen LogP contribution in [0.25, 0.3) is 11.0 Å². The number of sulfonamides is 1. The number of piperidine rings is 1. The molecule has 1 aliphatic heterocycles. The van der Waals surface area contributed by atoms with Crippen molar-refractivity contribution in [1.82, 2.24) is 24.4 Å². The molecule has 1 fully saturated rings. The summed E-state index contributed by atoms with van der Waals surface area (Å²) in [4.78, 5) is 26.6. The number of carboxylic acids is 1. The zero-order chi connectivity index (χ0) is 30.8. The largest absolute Gasteiger partial charge is 0.478 e.